The van der Waals surface area contributed by atoms with E-state index in [1.54, 1.807) is 11.3 Å². The van der Waals surface area contributed by atoms with Crippen molar-refractivity contribution in [3.8, 4) is 10.4 Å². The highest BCUT2D eigenvalue weighted by Crippen LogP contribution is 2.28. The van der Waals surface area contributed by atoms with Crippen LogP contribution in [0.1, 0.15) is 5.56 Å². The van der Waals surface area contributed by atoms with Gasteiger partial charge in [-0.2, -0.15) is 0 Å². The van der Waals surface area contributed by atoms with Gasteiger partial charge in [0.1, 0.15) is 0 Å². The minimum atomic E-state index is 0.109. The fraction of sp³-hybridized carbons (Fsp3) is 0.0909. The van der Waals surface area contributed by atoms with Gasteiger partial charge in [0.05, 0.1) is 6.61 Å². The first-order valence-corrected chi connectivity index (χ1v) is 4.93. The van der Waals surface area contributed by atoms with Gasteiger partial charge in [0, 0.05) is 4.88 Å². The number of hydrogen-bond donors (Lipinski definition) is 1. The van der Waals surface area contributed by atoms with Gasteiger partial charge in [0.2, 0.25) is 0 Å². The highest BCUT2D eigenvalue weighted by molar-refractivity contribution is 7.13. The Hall–Kier alpha value is -1.12. The topological polar surface area (TPSA) is 20.2 Å². The molecule has 1 radical (unpaired) electrons. The molecule has 0 aliphatic rings. The molecule has 13 heavy (non-hydrogen) atoms. The summed E-state index contributed by atoms with van der Waals surface area (Å²) < 4.78 is 0. The SMILES string of the molecule is OCc1ccsc1-c1cc[c]cc1. The maximum atomic E-state index is 9.07. The van der Waals surface area contributed by atoms with Crippen molar-refractivity contribution < 1.29 is 5.11 Å². The molecular formula is C11H9OS. The van der Waals surface area contributed by atoms with Crippen molar-refractivity contribution in [2.75, 3.05) is 0 Å². The van der Waals surface area contributed by atoms with Crippen LogP contribution < -0.4 is 0 Å². The second kappa shape index (κ2) is 3.73. The average molecular weight is 189 g/mol. The largest absolute Gasteiger partial charge is 0.392 e. The number of thiophene rings is 1. The third-order valence-corrected chi connectivity index (χ3v) is 2.90. The van der Waals surface area contributed by atoms with Crippen molar-refractivity contribution in [3.63, 3.8) is 0 Å². The average Bonchev–Trinajstić information content (AvgIpc) is 2.67. The van der Waals surface area contributed by atoms with Crippen LogP contribution in [0.3, 0.4) is 0 Å². The van der Waals surface area contributed by atoms with Crippen LogP contribution in [0.2, 0.25) is 0 Å². The molecule has 0 atom stereocenters. The molecule has 0 spiro atoms. The lowest BCUT2D eigenvalue weighted by Gasteiger charge is -1.99. The second-order valence-electron chi connectivity index (χ2n) is 2.72. The van der Waals surface area contributed by atoms with Crippen LogP contribution in [0.15, 0.2) is 35.7 Å². The first-order chi connectivity index (χ1) is 6.42. The van der Waals surface area contributed by atoms with E-state index in [-0.39, 0.29) is 6.61 Å². The van der Waals surface area contributed by atoms with Crippen molar-refractivity contribution in [1.29, 1.82) is 0 Å². The fourth-order valence-corrected chi connectivity index (χ4v) is 2.18. The van der Waals surface area contributed by atoms with Gasteiger partial charge >= 0.3 is 0 Å². The van der Waals surface area contributed by atoms with Crippen LogP contribution in [-0.4, -0.2) is 5.11 Å². The molecule has 1 N–H and O–H groups in total. The monoisotopic (exact) mass is 189 g/mol. The second-order valence-corrected chi connectivity index (χ2v) is 3.64. The molecule has 1 aromatic heterocycles. The number of aliphatic hydroxyl groups excluding tert-OH is 1. The highest BCUT2D eigenvalue weighted by atomic mass is 32.1. The first kappa shape index (κ1) is 8.48. The number of benzene rings is 1. The van der Waals surface area contributed by atoms with Crippen LogP contribution in [0.4, 0.5) is 0 Å². The molecule has 1 aromatic carbocycles. The van der Waals surface area contributed by atoms with Crippen molar-refractivity contribution in [2.24, 2.45) is 0 Å². The summed E-state index contributed by atoms with van der Waals surface area (Å²) in [6.45, 7) is 0.109. The van der Waals surface area contributed by atoms with Gasteiger partial charge in [-0.15, -0.1) is 11.3 Å². The summed E-state index contributed by atoms with van der Waals surface area (Å²) in [6.07, 6.45) is 0. The lowest BCUT2D eigenvalue weighted by atomic mass is 10.1. The Labute approximate surface area is 81.3 Å². The van der Waals surface area contributed by atoms with E-state index in [0.717, 1.165) is 16.0 Å². The molecule has 1 heterocycles. The fourth-order valence-electron chi connectivity index (χ4n) is 1.25. The molecule has 65 valence electrons. The Kier molecular flexibility index (Phi) is 2.43. The van der Waals surface area contributed by atoms with Gasteiger partial charge < -0.3 is 5.11 Å². The van der Waals surface area contributed by atoms with Crippen LogP contribution in [0, 0.1) is 6.07 Å². The third-order valence-electron chi connectivity index (χ3n) is 1.90. The molecule has 0 fully saturated rings. The van der Waals surface area contributed by atoms with Crippen LogP contribution in [-0.2, 0) is 6.61 Å². The summed E-state index contributed by atoms with van der Waals surface area (Å²) in [7, 11) is 0. The summed E-state index contributed by atoms with van der Waals surface area (Å²) in [5, 5.41) is 11.1. The summed E-state index contributed by atoms with van der Waals surface area (Å²) >= 11 is 1.65. The third kappa shape index (κ3) is 1.64. The first-order valence-electron chi connectivity index (χ1n) is 4.05. The Morgan fingerprint density at radius 1 is 1.23 bits per heavy atom. The summed E-state index contributed by atoms with van der Waals surface area (Å²) in [5.74, 6) is 0. The smallest absolute Gasteiger partial charge is 0.0696 e. The Morgan fingerprint density at radius 2 is 2.00 bits per heavy atom. The van der Waals surface area contributed by atoms with Crippen LogP contribution >= 0.6 is 11.3 Å². The number of hydrogen-bond acceptors (Lipinski definition) is 2. The number of aliphatic hydroxyl groups is 1. The minimum absolute atomic E-state index is 0.109. The molecule has 2 aromatic rings. The van der Waals surface area contributed by atoms with Gasteiger partial charge in [0.25, 0.3) is 0 Å². The van der Waals surface area contributed by atoms with Crippen molar-refractivity contribution >= 4 is 11.3 Å². The standard InChI is InChI=1S/C11H9OS/c12-8-10-6-7-13-11(10)9-4-2-1-3-5-9/h2-7,12H,8H2. The lowest BCUT2D eigenvalue weighted by Crippen LogP contribution is -1.81. The van der Waals surface area contributed by atoms with E-state index >= 15 is 0 Å². The van der Waals surface area contributed by atoms with Crippen molar-refractivity contribution in [1.82, 2.24) is 0 Å². The molecule has 0 bridgehead atoms. The summed E-state index contributed by atoms with van der Waals surface area (Å²) in [4.78, 5) is 1.15. The quantitative estimate of drug-likeness (QED) is 0.770. The van der Waals surface area contributed by atoms with Crippen LogP contribution in [0.25, 0.3) is 10.4 Å². The highest BCUT2D eigenvalue weighted by Gasteiger charge is 2.04. The maximum absolute atomic E-state index is 9.07. The van der Waals surface area contributed by atoms with Crippen LogP contribution in [0.5, 0.6) is 0 Å². The van der Waals surface area contributed by atoms with E-state index in [0.29, 0.717) is 0 Å². The van der Waals surface area contributed by atoms with E-state index in [4.69, 9.17) is 5.11 Å². The Balaban J connectivity index is 2.47. The zero-order chi connectivity index (χ0) is 9.10. The summed E-state index contributed by atoms with van der Waals surface area (Å²) in [6, 6.07) is 12.7. The zero-order valence-corrected chi connectivity index (χ0v) is 7.84. The maximum Gasteiger partial charge on any atom is 0.0696 e. The van der Waals surface area contributed by atoms with E-state index in [9.17, 15) is 0 Å². The van der Waals surface area contributed by atoms with Gasteiger partial charge in [-0.3, -0.25) is 0 Å². The zero-order valence-electron chi connectivity index (χ0n) is 7.03. The summed E-state index contributed by atoms with van der Waals surface area (Å²) in [5.41, 5.74) is 2.15. The van der Waals surface area contributed by atoms with E-state index < -0.39 is 0 Å². The molecule has 0 amide bonds. The molecule has 0 saturated carbocycles. The molecule has 0 saturated heterocycles. The molecule has 0 unspecified atom stereocenters. The van der Waals surface area contributed by atoms with Gasteiger partial charge in [-0.1, -0.05) is 24.3 Å². The molecule has 0 aliphatic heterocycles. The predicted octanol–water partition coefficient (Wildman–Crippen LogP) is 2.71. The van der Waals surface area contributed by atoms with Gasteiger partial charge in [-0.05, 0) is 28.6 Å². The van der Waals surface area contributed by atoms with E-state index in [2.05, 4.69) is 6.07 Å². The molecule has 0 aliphatic carbocycles. The van der Waals surface area contributed by atoms with Crippen molar-refractivity contribution in [2.45, 2.75) is 6.61 Å². The lowest BCUT2D eigenvalue weighted by molar-refractivity contribution is 0.283. The van der Waals surface area contributed by atoms with E-state index in [1.165, 1.54) is 0 Å². The molecular weight excluding hydrogens is 180 g/mol. The van der Waals surface area contributed by atoms with Gasteiger partial charge in [0.15, 0.2) is 0 Å². The van der Waals surface area contributed by atoms with Crippen molar-refractivity contribution in [3.05, 3.63) is 47.3 Å². The van der Waals surface area contributed by atoms with Gasteiger partial charge in [-0.25, -0.2) is 0 Å². The van der Waals surface area contributed by atoms with E-state index in [1.807, 2.05) is 35.7 Å². The molecule has 1 nitrogen and oxygen atoms in total. The molecule has 2 heteroatoms. The Morgan fingerprint density at radius 3 is 2.69 bits per heavy atom. The Bertz CT molecular complexity index is 378. The molecule has 2 rings (SSSR count). The minimum Gasteiger partial charge on any atom is -0.392 e. The number of rotatable bonds is 2. The predicted molar refractivity (Wildman–Crippen MR) is 54.5 cm³/mol. The normalized spacial score (nSPS) is 10.2.